The number of allylic oxidation sites excluding steroid dienone is 1. The van der Waals surface area contributed by atoms with Crippen molar-refractivity contribution in [2.75, 3.05) is 5.32 Å². The number of nitrogens with one attached hydrogen (secondary N) is 1. The first-order chi connectivity index (χ1) is 13.5. The van der Waals surface area contributed by atoms with Gasteiger partial charge in [-0.2, -0.15) is 10.2 Å². The van der Waals surface area contributed by atoms with E-state index in [1.807, 2.05) is 40.6 Å². The van der Waals surface area contributed by atoms with E-state index >= 15 is 0 Å². The van der Waals surface area contributed by atoms with Crippen LogP contribution in [0.5, 0.6) is 0 Å². The molecule has 144 valence electrons. The largest absolute Gasteiger partial charge is 0.309 e. The van der Waals surface area contributed by atoms with Gasteiger partial charge in [-0.25, -0.2) is 0 Å². The number of nitrogens with zero attached hydrogens (tertiary/aromatic N) is 4. The number of hydrogen-bond donors (Lipinski definition) is 1. The molecule has 3 heterocycles. The molecule has 1 N–H and O–H groups in total. The number of rotatable bonds is 5. The van der Waals surface area contributed by atoms with Crippen LogP contribution < -0.4 is 5.32 Å². The van der Waals surface area contributed by atoms with Crippen molar-refractivity contribution in [2.24, 2.45) is 0 Å². The summed E-state index contributed by atoms with van der Waals surface area (Å²) in [5, 5.41) is 12.3. The molecule has 3 aromatic rings. The maximum absolute atomic E-state index is 12.4. The molecule has 0 saturated heterocycles. The molecule has 1 aliphatic rings. The van der Waals surface area contributed by atoms with Gasteiger partial charge in [0.25, 0.3) is 0 Å². The number of carbonyl (C=O) groups is 1. The first-order valence-corrected chi connectivity index (χ1v) is 9.55. The molecule has 1 atom stereocenters. The lowest BCUT2D eigenvalue weighted by molar-refractivity contribution is -0.116. The molecule has 0 radical (unpaired) electrons. The zero-order chi connectivity index (χ0) is 19.8. The van der Waals surface area contributed by atoms with Crippen molar-refractivity contribution in [2.45, 2.75) is 46.2 Å². The third-order valence-electron chi connectivity index (χ3n) is 5.51. The van der Waals surface area contributed by atoms with Crippen LogP contribution in [-0.4, -0.2) is 25.5 Å². The van der Waals surface area contributed by atoms with E-state index in [0.717, 1.165) is 28.2 Å². The standard InChI is InChI=1S/C22H25N5O/c1-5-11-26-15(3)20(14(2)24-26)18-12-19(28)23-22-21(18)16(4)27(25-22)13-17-9-7-6-8-10-17/h5-10,18H,1,11-13H2,2-4H3,(H,23,25,28)/t18-/m1/s1. The van der Waals surface area contributed by atoms with E-state index in [2.05, 4.69) is 43.0 Å². The van der Waals surface area contributed by atoms with E-state index in [1.165, 1.54) is 5.56 Å². The van der Waals surface area contributed by atoms with Gasteiger partial charge in [0, 0.05) is 34.9 Å². The highest BCUT2D eigenvalue weighted by Gasteiger charge is 2.35. The van der Waals surface area contributed by atoms with E-state index in [-0.39, 0.29) is 11.8 Å². The van der Waals surface area contributed by atoms with Crippen molar-refractivity contribution in [1.29, 1.82) is 0 Å². The van der Waals surface area contributed by atoms with Crippen molar-refractivity contribution in [3.05, 3.63) is 76.8 Å². The maximum atomic E-state index is 12.4. The first-order valence-electron chi connectivity index (χ1n) is 9.55. The Kier molecular flexibility index (Phi) is 4.63. The average Bonchev–Trinajstić information content (AvgIpc) is 3.12. The summed E-state index contributed by atoms with van der Waals surface area (Å²) >= 11 is 0. The minimum Gasteiger partial charge on any atom is -0.309 e. The predicted octanol–water partition coefficient (Wildman–Crippen LogP) is 3.71. The van der Waals surface area contributed by atoms with Crippen molar-refractivity contribution >= 4 is 11.7 Å². The molecular formula is C22H25N5O. The summed E-state index contributed by atoms with van der Waals surface area (Å²) in [6, 6.07) is 10.2. The molecule has 0 spiro atoms. The Morgan fingerprint density at radius 3 is 2.54 bits per heavy atom. The van der Waals surface area contributed by atoms with Gasteiger partial charge < -0.3 is 5.32 Å². The molecule has 4 rings (SSSR count). The SMILES string of the molecule is C=CCn1nc(C)c([C@H]2CC(=O)Nc3nn(Cc4ccccc4)c(C)c32)c1C. The fraction of sp³-hybridized carbons (Fsp3) is 0.318. The normalized spacial score (nSPS) is 16.0. The Balaban J connectivity index is 1.79. The number of amides is 1. The minimum atomic E-state index is -0.0353. The van der Waals surface area contributed by atoms with Gasteiger partial charge in [-0.05, 0) is 26.3 Å². The number of anilines is 1. The zero-order valence-electron chi connectivity index (χ0n) is 16.6. The van der Waals surface area contributed by atoms with Crippen LogP contribution in [0.2, 0.25) is 0 Å². The van der Waals surface area contributed by atoms with Crippen LogP contribution in [0.25, 0.3) is 0 Å². The second-order valence-electron chi connectivity index (χ2n) is 7.35. The number of carbonyl (C=O) groups excluding carboxylic acids is 1. The lowest BCUT2D eigenvalue weighted by Crippen LogP contribution is -2.24. The van der Waals surface area contributed by atoms with Crippen LogP contribution in [0.4, 0.5) is 5.82 Å². The Morgan fingerprint density at radius 1 is 1.11 bits per heavy atom. The summed E-state index contributed by atoms with van der Waals surface area (Å²) in [5.74, 6) is 0.633. The molecule has 6 heteroatoms. The Morgan fingerprint density at radius 2 is 1.82 bits per heavy atom. The molecule has 0 unspecified atom stereocenters. The van der Waals surface area contributed by atoms with E-state index < -0.39 is 0 Å². The molecule has 0 fully saturated rings. The van der Waals surface area contributed by atoms with Crippen LogP contribution in [0.3, 0.4) is 0 Å². The van der Waals surface area contributed by atoms with E-state index in [0.29, 0.717) is 25.3 Å². The lowest BCUT2D eigenvalue weighted by Gasteiger charge is -2.23. The second kappa shape index (κ2) is 7.11. The smallest absolute Gasteiger partial charge is 0.226 e. The van der Waals surface area contributed by atoms with Gasteiger partial charge in [-0.1, -0.05) is 36.4 Å². The van der Waals surface area contributed by atoms with Crippen molar-refractivity contribution in [1.82, 2.24) is 19.6 Å². The molecule has 1 aromatic carbocycles. The predicted molar refractivity (Wildman–Crippen MR) is 109 cm³/mol. The summed E-state index contributed by atoms with van der Waals surface area (Å²) in [6.07, 6.45) is 2.25. The first kappa shape index (κ1) is 18.2. The fourth-order valence-electron chi connectivity index (χ4n) is 4.21. The summed E-state index contributed by atoms with van der Waals surface area (Å²) < 4.78 is 3.94. The molecule has 0 bridgehead atoms. The Hall–Kier alpha value is -3.15. The van der Waals surface area contributed by atoms with Crippen molar-refractivity contribution in [3.63, 3.8) is 0 Å². The number of fused-ring (bicyclic) bond motifs is 1. The molecule has 1 aliphatic heterocycles. The van der Waals surface area contributed by atoms with Gasteiger partial charge in [0.1, 0.15) is 0 Å². The topological polar surface area (TPSA) is 64.7 Å². The summed E-state index contributed by atoms with van der Waals surface area (Å²) in [5.41, 5.74) is 6.53. The van der Waals surface area contributed by atoms with Crippen molar-refractivity contribution < 1.29 is 4.79 Å². The number of hydrogen-bond acceptors (Lipinski definition) is 3. The molecule has 28 heavy (non-hydrogen) atoms. The average molecular weight is 375 g/mol. The van der Waals surface area contributed by atoms with Crippen LogP contribution in [0.15, 0.2) is 43.0 Å². The van der Waals surface area contributed by atoms with E-state index in [1.54, 1.807) is 0 Å². The summed E-state index contributed by atoms with van der Waals surface area (Å²) in [4.78, 5) is 12.4. The number of aryl methyl sites for hydroxylation is 1. The minimum absolute atomic E-state index is 0.00266. The lowest BCUT2D eigenvalue weighted by atomic mass is 9.84. The van der Waals surface area contributed by atoms with Crippen LogP contribution in [0.1, 0.15) is 46.1 Å². The fourth-order valence-corrected chi connectivity index (χ4v) is 4.21. The molecule has 6 nitrogen and oxygen atoms in total. The number of aromatic nitrogens is 4. The highest BCUT2D eigenvalue weighted by Crippen LogP contribution is 2.41. The zero-order valence-corrected chi connectivity index (χ0v) is 16.6. The van der Waals surface area contributed by atoms with Gasteiger partial charge in [-0.3, -0.25) is 14.2 Å². The second-order valence-corrected chi connectivity index (χ2v) is 7.35. The van der Waals surface area contributed by atoms with Gasteiger partial charge >= 0.3 is 0 Å². The molecule has 1 amide bonds. The molecule has 2 aromatic heterocycles. The van der Waals surface area contributed by atoms with Crippen molar-refractivity contribution in [3.8, 4) is 0 Å². The Bertz CT molecular complexity index is 1040. The van der Waals surface area contributed by atoms with Crippen LogP contribution >= 0.6 is 0 Å². The monoisotopic (exact) mass is 375 g/mol. The Labute approximate surface area is 164 Å². The number of benzene rings is 1. The molecular weight excluding hydrogens is 350 g/mol. The maximum Gasteiger partial charge on any atom is 0.226 e. The van der Waals surface area contributed by atoms with E-state index in [9.17, 15) is 4.79 Å². The van der Waals surface area contributed by atoms with Gasteiger partial charge in [-0.15, -0.1) is 6.58 Å². The van der Waals surface area contributed by atoms with Crippen LogP contribution in [0, 0.1) is 20.8 Å². The molecule has 0 aliphatic carbocycles. The summed E-state index contributed by atoms with van der Waals surface area (Å²) in [6.45, 7) is 11.3. The van der Waals surface area contributed by atoms with Gasteiger partial charge in [0.2, 0.25) is 5.91 Å². The highest BCUT2D eigenvalue weighted by molar-refractivity contribution is 5.94. The summed E-state index contributed by atoms with van der Waals surface area (Å²) in [7, 11) is 0. The van der Waals surface area contributed by atoms with Crippen LogP contribution in [-0.2, 0) is 17.9 Å². The quantitative estimate of drug-likeness (QED) is 0.692. The van der Waals surface area contributed by atoms with Gasteiger partial charge in [0.15, 0.2) is 5.82 Å². The van der Waals surface area contributed by atoms with Gasteiger partial charge in [0.05, 0.1) is 18.8 Å². The third-order valence-corrected chi connectivity index (χ3v) is 5.51. The molecule has 0 saturated carbocycles. The highest BCUT2D eigenvalue weighted by atomic mass is 16.1. The third kappa shape index (κ3) is 3.05. The van der Waals surface area contributed by atoms with E-state index in [4.69, 9.17) is 5.10 Å².